The van der Waals surface area contributed by atoms with Crippen molar-refractivity contribution in [1.29, 1.82) is 0 Å². The highest BCUT2D eigenvalue weighted by Crippen LogP contribution is 2.07. The number of hydrogen-bond donors (Lipinski definition) is 0. The molecule has 0 N–H and O–H groups in total. The van der Waals surface area contributed by atoms with Gasteiger partial charge < -0.3 is 18.9 Å². The third-order valence-electron chi connectivity index (χ3n) is 3.59. The van der Waals surface area contributed by atoms with E-state index in [1.807, 2.05) is 30.3 Å². The standard InChI is InChI=1S/C20H32O5/c1-2-3-4-5-9-12-20(21)25-18-16-23-14-13-22-15-17-24-19-10-7-6-8-11-19/h6-8,10-11H,2-5,9,12-18H2,1H3. The minimum Gasteiger partial charge on any atom is -0.491 e. The first-order valence-electron chi connectivity index (χ1n) is 9.32. The van der Waals surface area contributed by atoms with Gasteiger partial charge >= 0.3 is 5.97 Å². The van der Waals surface area contributed by atoms with E-state index in [0.29, 0.717) is 46.1 Å². The zero-order valence-electron chi connectivity index (χ0n) is 15.4. The Kier molecular flexibility index (Phi) is 13.7. The Morgan fingerprint density at radius 2 is 1.44 bits per heavy atom. The smallest absolute Gasteiger partial charge is 0.305 e. The van der Waals surface area contributed by atoms with Gasteiger partial charge in [-0.2, -0.15) is 0 Å². The normalized spacial score (nSPS) is 10.6. The van der Waals surface area contributed by atoms with Crippen LogP contribution in [0, 0.1) is 0 Å². The van der Waals surface area contributed by atoms with E-state index < -0.39 is 0 Å². The van der Waals surface area contributed by atoms with Crippen molar-refractivity contribution >= 4 is 5.97 Å². The third kappa shape index (κ3) is 13.4. The van der Waals surface area contributed by atoms with Crippen molar-refractivity contribution < 1.29 is 23.7 Å². The van der Waals surface area contributed by atoms with Crippen molar-refractivity contribution in [3.05, 3.63) is 30.3 Å². The molecule has 0 saturated heterocycles. The van der Waals surface area contributed by atoms with Crippen molar-refractivity contribution in [2.45, 2.75) is 45.4 Å². The molecule has 0 saturated carbocycles. The van der Waals surface area contributed by atoms with Crippen molar-refractivity contribution in [3.8, 4) is 5.75 Å². The van der Waals surface area contributed by atoms with Crippen molar-refractivity contribution in [2.75, 3.05) is 39.6 Å². The van der Waals surface area contributed by atoms with Gasteiger partial charge in [0, 0.05) is 6.42 Å². The summed E-state index contributed by atoms with van der Waals surface area (Å²) in [6, 6.07) is 9.64. The summed E-state index contributed by atoms with van der Waals surface area (Å²) in [6.07, 6.45) is 6.18. The molecule has 0 amide bonds. The molecule has 0 aliphatic rings. The Balaban J connectivity index is 1.79. The first kappa shape index (κ1) is 21.5. The zero-order valence-corrected chi connectivity index (χ0v) is 15.4. The molecule has 5 nitrogen and oxygen atoms in total. The van der Waals surface area contributed by atoms with Gasteiger partial charge in [0.05, 0.1) is 26.4 Å². The maximum absolute atomic E-state index is 11.5. The van der Waals surface area contributed by atoms with Gasteiger partial charge in [0.1, 0.15) is 19.0 Å². The molecular formula is C20H32O5. The van der Waals surface area contributed by atoms with Crippen molar-refractivity contribution in [3.63, 3.8) is 0 Å². The summed E-state index contributed by atoms with van der Waals surface area (Å²) in [4.78, 5) is 11.5. The monoisotopic (exact) mass is 352 g/mol. The lowest BCUT2D eigenvalue weighted by Crippen LogP contribution is -2.14. The molecule has 5 heteroatoms. The minimum atomic E-state index is -0.130. The number of hydrogen-bond acceptors (Lipinski definition) is 5. The summed E-state index contributed by atoms with van der Waals surface area (Å²) in [5.74, 6) is 0.712. The SMILES string of the molecule is CCCCCCCC(=O)OCCOCCOCCOc1ccccc1. The number of benzene rings is 1. The average Bonchev–Trinajstić information content (AvgIpc) is 2.64. The molecular weight excluding hydrogens is 320 g/mol. The summed E-state index contributed by atoms with van der Waals surface area (Å²) in [6.45, 7) is 4.92. The topological polar surface area (TPSA) is 54.0 Å². The van der Waals surface area contributed by atoms with Crippen LogP contribution in [0.4, 0.5) is 0 Å². The van der Waals surface area contributed by atoms with Crippen LogP contribution in [0.1, 0.15) is 45.4 Å². The van der Waals surface area contributed by atoms with Crippen LogP contribution in [0.3, 0.4) is 0 Å². The predicted octanol–water partition coefficient (Wildman–Crippen LogP) is 4.00. The van der Waals surface area contributed by atoms with Gasteiger partial charge in [0.15, 0.2) is 0 Å². The molecule has 0 radical (unpaired) electrons. The number of carbonyl (C=O) groups excluding carboxylic acids is 1. The molecule has 0 aromatic heterocycles. The van der Waals surface area contributed by atoms with Gasteiger partial charge in [-0.05, 0) is 18.6 Å². The maximum Gasteiger partial charge on any atom is 0.305 e. The van der Waals surface area contributed by atoms with E-state index in [-0.39, 0.29) is 5.97 Å². The van der Waals surface area contributed by atoms with Crippen LogP contribution in [-0.2, 0) is 19.0 Å². The Hall–Kier alpha value is -1.59. The predicted molar refractivity (Wildman–Crippen MR) is 97.9 cm³/mol. The van der Waals surface area contributed by atoms with Crippen LogP contribution in [0.25, 0.3) is 0 Å². The number of rotatable bonds is 16. The van der Waals surface area contributed by atoms with Crippen molar-refractivity contribution in [2.24, 2.45) is 0 Å². The lowest BCUT2D eigenvalue weighted by atomic mass is 10.1. The van der Waals surface area contributed by atoms with Crippen molar-refractivity contribution in [1.82, 2.24) is 0 Å². The largest absolute Gasteiger partial charge is 0.491 e. The van der Waals surface area contributed by atoms with Gasteiger partial charge in [-0.25, -0.2) is 0 Å². The highest BCUT2D eigenvalue weighted by Gasteiger charge is 2.02. The Morgan fingerprint density at radius 3 is 2.16 bits per heavy atom. The molecule has 142 valence electrons. The maximum atomic E-state index is 11.5. The molecule has 0 fully saturated rings. The molecule has 1 aromatic rings. The Bertz CT molecular complexity index is 421. The fraction of sp³-hybridized carbons (Fsp3) is 0.650. The van der Waals surface area contributed by atoms with E-state index in [0.717, 1.165) is 18.6 Å². The van der Waals surface area contributed by atoms with E-state index in [2.05, 4.69) is 6.92 Å². The quantitative estimate of drug-likeness (QED) is 0.332. The Morgan fingerprint density at radius 1 is 0.800 bits per heavy atom. The summed E-state index contributed by atoms with van der Waals surface area (Å²) in [7, 11) is 0. The minimum absolute atomic E-state index is 0.130. The van der Waals surface area contributed by atoms with Gasteiger partial charge in [-0.15, -0.1) is 0 Å². The van der Waals surface area contributed by atoms with E-state index >= 15 is 0 Å². The number of esters is 1. The number of para-hydroxylation sites is 1. The molecule has 1 aromatic carbocycles. The number of carbonyl (C=O) groups is 1. The molecule has 0 heterocycles. The van der Waals surface area contributed by atoms with Gasteiger partial charge in [0.25, 0.3) is 0 Å². The molecule has 0 aliphatic heterocycles. The van der Waals surface area contributed by atoms with Gasteiger partial charge in [0.2, 0.25) is 0 Å². The molecule has 0 bridgehead atoms. The lowest BCUT2D eigenvalue weighted by Gasteiger charge is -2.08. The summed E-state index contributed by atoms with van der Waals surface area (Å²) in [5.41, 5.74) is 0. The summed E-state index contributed by atoms with van der Waals surface area (Å²) < 4.78 is 21.4. The molecule has 25 heavy (non-hydrogen) atoms. The fourth-order valence-corrected chi connectivity index (χ4v) is 2.22. The zero-order chi connectivity index (χ0) is 18.0. The summed E-state index contributed by atoms with van der Waals surface area (Å²) in [5, 5.41) is 0. The average molecular weight is 352 g/mol. The molecule has 1 rings (SSSR count). The van der Waals surface area contributed by atoms with E-state index in [1.165, 1.54) is 19.3 Å². The lowest BCUT2D eigenvalue weighted by molar-refractivity contribution is -0.145. The Labute approximate surface area is 151 Å². The van der Waals surface area contributed by atoms with Crippen LogP contribution in [0.5, 0.6) is 5.75 Å². The first-order valence-corrected chi connectivity index (χ1v) is 9.32. The van der Waals surface area contributed by atoms with Crippen LogP contribution in [-0.4, -0.2) is 45.6 Å². The summed E-state index contributed by atoms with van der Waals surface area (Å²) >= 11 is 0. The van der Waals surface area contributed by atoms with E-state index in [9.17, 15) is 4.79 Å². The second kappa shape index (κ2) is 15.9. The van der Waals surface area contributed by atoms with E-state index in [4.69, 9.17) is 18.9 Å². The molecule has 0 spiro atoms. The molecule has 0 unspecified atom stereocenters. The fourth-order valence-electron chi connectivity index (χ4n) is 2.22. The second-order valence-electron chi connectivity index (χ2n) is 5.77. The highest BCUT2D eigenvalue weighted by molar-refractivity contribution is 5.69. The highest BCUT2D eigenvalue weighted by atomic mass is 16.6. The van der Waals surface area contributed by atoms with Crippen LogP contribution >= 0.6 is 0 Å². The second-order valence-corrected chi connectivity index (χ2v) is 5.77. The van der Waals surface area contributed by atoms with Gasteiger partial charge in [-0.1, -0.05) is 50.8 Å². The first-order chi connectivity index (χ1) is 12.3. The number of unbranched alkanes of at least 4 members (excludes halogenated alkanes) is 4. The van der Waals surface area contributed by atoms with Crippen LogP contribution < -0.4 is 4.74 Å². The van der Waals surface area contributed by atoms with Crippen LogP contribution in [0.15, 0.2) is 30.3 Å². The van der Waals surface area contributed by atoms with E-state index in [1.54, 1.807) is 0 Å². The van der Waals surface area contributed by atoms with Gasteiger partial charge in [-0.3, -0.25) is 4.79 Å². The molecule has 0 atom stereocenters. The third-order valence-corrected chi connectivity index (χ3v) is 3.59. The molecule has 0 aliphatic carbocycles. The van der Waals surface area contributed by atoms with Crippen LogP contribution in [0.2, 0.25) is 0 Å². The number of ether oxygens (including phenoxy) is 4.